The number of benzene rings is 5. The smallest absolute Gasteiger partial charge is 0.162 e. The molecule has 0 spiro atoms. The Morgan fingerprint density at radius 1 is 0.467 bits per heavy atom. The monoisotopic (exact) mass is 578 g/mol. The number of anilines is 6. The van der Waals surface area contributed by atoms with Gasteiger partial charge in [0.15, 0.2) is 5.82 Å². The summed E-state index contributed by atoms with van der Waals surface area (Å²) in [6, 6.07) is 48.5. The van der Waals surface area contributed by atoms with Gasteiger partial charge in [0, 0.05) is 40.1 Å². The van der Waals surface area contributed by atoms with Crippen LogP contribution in [0.3, 0.4) is 0 Å². The molecule has 0 saturated carbocycles. The zero-order valence-electron chi connectivity index (χ0n) is 24.2. The lowest BCUT2D eigenvalue weighted by Crippen LogP contribution is -2.25. The summed E-state index contributed by atoms with van der Waals surface area (Å²) in [5.41, 5.74) is 11.5. The van der Waals surface area contributed by atoms with Crippen LogP contribution in [-0.4, -0.2) is 9.97 Å². The summed E-state index contributed by atoms with van der Waals surface area (Å²) in [7, 11) is 0. The van der Waals surface area contributed by atoms with Gasteiger partial charge in [-0.3, -0.25) is 9.88 Å². The molecular weight excluding hydrogens is 552 g/mol. The highest BCUT2D eigenvalue weighted by Crippen LogP contribution is 2.52. The van der Waals surface area contributed by atoms with Gasteiger partial charge < -0.3 is 9.32 Å². The van der Waals surface area contributed by atoms with Crippen molar-refractivity contribution in [1.29, 1.82) is 0 Å². The second-order valence-electron chi connectivity index (χ2n) is 11.1. The van der Waals surface area contributed by atoms with E-state index in [0.29, 0.717) is 0 Å². The Hall–Kier alpha value is -6.20. The lowest BCUT2D eigenvalue weighted by atomic mass is 9.98. The Kier molecular flexibility index (Phi) is 5.74. The zero-order valence-corrected chi connectivity index (χ0v) is 24.2. The first-order valence-electron chi connectivity index (χ1n) is 15.0. The molecular formula is C40H26N4O. The van der Waals surface area contributed by atoms with Crippen molar-refractivity contribution in [2.45, 2.75) is 0 Å². The molecule has 0 saturated heterocycles. The van der Waals surface area contributed by atoms with Gasteiger partial charge in [0.2, 0.25) is 0 Å². The largest absolute Gasteiger partial charge is 0.455 e. The van der Waals surface area contributed by atoms with E-state index in [1.165, 1.54) is 0 Å². The highest BCUT2D eigenvalue weighted by atomic mass is 16.3. The van der Waals surface area contributed by atoms with Crippen molar-refractivity contribution in [3.63, 3.8) is 0 Å². The third-order valence-corrected chi connectivity index (χ3v) is 8.55. The maximum Gasteiger partial charge on any atom is 0.162 e. The van der Waals surface area contributed by atoms with Crippen LogP contribution >= 0.6 is 0 Å². The average Bonchev–Trinajstić information content (AvgIpc) is 3.50. The van der Waals surface area contributed by atoms with E-state index in [9.17, 15) is 0 Å². The molecule has 1 aliphatic rings. The second kappa shape index (κ2) is 10.2. The minimum atomic E-state index is 0.872. The van der Waals surface area contributed by atoms with Crippen LogP contribution in [0.25, 0.3) is 44.2 Å². The van der Waals surface area contributed by atoms with Crippen LogP contribution in [0.15, 0.2) is 163 Å². The van der Waals surface area contributed by atoms with Gasteiger partial charge >= 0.3 is 0 Å². The highest BCUT2D eigenvalue weighted by molar-refractivity contribution is 6.09. The van der Waals surface area contributed by atoms with Gasteiger partial charge in [0.05, 0.1) is 23.3 Å². The van der Waals surface area contributed by atoms with Crippen LogP contribution in [0.4, 0.5) is 34.3 Å². The predicted octanol–water partition coefficient (Wildman–Crippen LogP) is 11.0. The fourth-order valence-corrected chi connectivity index (χ4v) is 6.46. The number of pyridine rings is 2. The highest BCUT2D eigenvalue weighted by Gasteiger charge is 2.31. The van der Waals surface area contributed by atoms with Gasteiger partial charge in [0.25, 0.3) is 0 Å². The molecule has 4 heterocycles. The normalized spacial score (nSPS) is 12.4. The molecule has 0 radical (unpaired) electrons. The van der Waals surface area contributed by atoms with E-state index in [0.717, 1.165) is 78.4 Å². The Labute approximate surface area is 260 Å². The molecule has 0 atom stereocenters. The Morgan fingerprint density at radius 3 is 2.02 bits per heavy atom. The number of hydrogen-bond donors (Lipinski definition) is 0. The van der Waals surface area contributed by atoms with E-state index in [-0.39, 0.29) is 0 Å². The first-order valence-corrected chi connectivity index (χ1v) is 15.0. The van der Waals surface area contributed by atoms with E-state index in [2.05, 4.69) is 130 Å². The summed E-state index contributed by atoms with van der Waals surface area (Å²) in [5.74, 6) is 0.872. The lowest BCUT2D eigenvalue weighted by molar-refractivity contribution is 0.670. The summed E-state index contributed by atoms with van der Waals surface area (Å²) in [4.78, 5) is 13.8. The molecule has 1 aliphatic heterocycles. The first-order chi connectivity index (χ1) is 22.3. The van der Waals surface area contributed by atoms with Crippen LogP contribution in [0.2, 0.25) is 0 Å². The van der Waals surface area contributed by atoms with E-state index < -0.39 is 0 Å². The van der Waals surface area contributed by atoms with Gasteiger partial charge in [-0.1, -0.05) is 91.0 Å². The van der Waals surface area contributed by atoms with Gasteiger partial charge in [-0.05, 0) is 65.2 Å². The fraction of sp³-hybridized carbons (Fsp3) is 0. The standard InChI is InChI=1S/C40H26N4O/c1-2-8-30(9-3-1)43-36-13-7-24-42-40(36)44(35-23-25-41-26-37(35)43)31-21-19-28(20-22-31)27-15-17-29(18-16-27)32-11-6-12-34-33-10-4-5-14-38(33)45-39(32)34/h1-26H. The van der Waals surface area contributed by atoms with E-state index in [4.69, 9.17) is 9.40 Å². The van der Waals surface area contributed by atoms with Gasteiger partial charge in [-0.15, -0.1) is 0 Å². The molecule has 3 aromatic heterocycles. The number of nitrogens with zero attached hydrogens (tertiary/aromatic N) is 4. The van der Waals surface area contributed by atoms with Crippen LogP contribution in [0.5, 0.6) is 0 Å². The maximum atomic E-state index is 6.29. The molecule has 0 aliphatic carbocycles. The van der Waals surface area contributed by atoms with Crippen molar-refractivity contribution >= 4 is 56.2 Å². The van der Waals surface area contributed by atoms with Gasteiger partial charge in [-0.2, -0.15) is 0 Å². The van der Waals surface area contributed by atoms with E-state index in [1.807, 2.05) is 42.9 Å². The predicted molar refractivity (Wildman–Crippen MR) is 183 cm³/mol. The Morgan fingerprint density at radius 2 is 1.18 bits per heavy atom. The van der Waals surface area contributed by atoms with Crippen molar-refractivity contribution in [2.24, 2.45) is 0 Å². The fourth-order valence-electron chi connectivity index (χ4n) is 6.46. The molecule has 0 N–H and O–H groups in total. The topological polar surface area (TPSA) is 45.4 Å². The minimum Gasteiger partial charge on any atom is -0.455 e. The molecule has 5 heteroatoms. The number of furan rings is 1. The van der Waals surface area contributed by atoms with Crippen molar-refractivity contribution < 1.29 is 4.42 Å². The molecule has 0 bridgehead atoms. The van der Waals surface area contributed by atoms with Crippen molar-refractivity contribution in [2.75, 3.05) is 9.80 Å². The van der Waals surface area contributed by atoms with Crippen LogP contribution in [0, 0.1) is 0 Å². The lowest BCUT2D eigenvalue weighted by Gasteiger charge is -2.38. The molecule has 5 nitrogen and oxygen atoms in total. The molecule has 5 aromatic carbocycles. The van der Waals surface area contributed by atoms with Crippen LogP contribution < -0.4 is 9.80 Å². The molecule has 0 amide bonds. The molecule has 0 fully saturated rings. The van der Waals surface area contributed by atoms with Gasteiger partial charge in [-0.25, -0.2) is 4.98 Å². The summed E-state index contributed by atoms with van der Waals surface area (Å²) >= 11 is 0. The van der Waals surface area contributed by atoms with E-state index >= 15 is 0 Å². The summed E-state index contributed by atoms with van der Waals surface area (Å²) in [6.07, 6.45) is 5.61. The number of para-hydroxylation sites is 3. The van der Waals surface area contributed by atoms with E-state index in [1.54, 1.807) is 0 Å². The molecule has 0 unspecified atom stereocenters. The van der Waals surface area contributed by atoms with Gasteiger partial charge in [0.1, 0.15) is 11.2 Å². The Bertz CT molecular complexity index is 2280. The molecule has 45 heavy (non-hydrogen) atoms. The quantitative estimate of drug-likeness (QED) is 0.208. The van der Waals surface area contributed by atoms with Crippen molar-refractivity contribution in [3.8, 4) is 22.3 Å². The zero-order chi connectivity index (χ0) is 29.7. The van der Waals surface area contributed by atoms with Crippen molar-refractivity contribution in [3.05, 3.63) is 158 Å². The maximum absolute atomic E-state index is 6.29. The second-order valence-corrected chi connectivity index (χ2v) is 11.1. The molecule has 212 valence electrons. The Balaban J connectivity index is 1.07. The average molecular weight is 579 g/mol. The third kappa shape index (κ3) is 4.09. The number of rotatable bonds is 4. The summed E-state index contributed by atoms with van der Waals surface area (Å²) < 4.78 is 6.29. The minimum absolute atomic E-state index is 0.872. The third-order valence-electron chi connectivity index (χ3n) is 8.55. The van der Waals surface area contributed by atoms with Crippen molar-refractivity contribution in [1.82, 2.24) is 9.97 Å². The van der Waals surface area contributed by atoms with Crippen LogP contribution in [0.1, 0.15) is 0 Å². The molecule has 9 rings (SSSR count). The number of aromatic nitrogens is 2. The number of hydrogen-bond acceptors (Lipinski definition) is 5. The summed E-state index contributed by atoms with van der Waals surface area (Å²) in [6.45, 7) is 0. The number of fused-ring (bicyclic) bond motifs is 5. The van der Waals surface area contributed by atoms with Crippen LogP contribution in [-0.2, 0) is 0 Å². The first kappa shape index (κ1) is 25.3. The SMILES string of the molecule is c1ccc(N2c3cnccc3N(c3ccc(-c4ccc(-c5cccc6c5oc5ccccc56)cc4)cc3)c3ncccc32)cc1. The molecule has 8 aromatic rings. The summed E-state index contributed by atoms with van der Waals surface area (Å²) in [5, 5.41) is 2.28.